The molecule has 1 aromatic heterocycles. The Morgan fingerprint density at radius 3 is 2.72 bits per heavy atom. The molecule has 7 heteroatoms. The molecule has 2 aromatic carbocycles. The van der Waals surface area contributed by atoms with Crippen LogP contribution in [0.5, 0.6) is 5.75 Å². The summed E-state index contributed by atoms with van der Waals surface area (Å²) in [5, 5.41) is 6.74. The molecule has 0 aliphatic carbocycles. The number of carbonyl (C=O) groups excluding carboxylic acids is 1. The molecule has 1 atom stereocenters. The molecule has 1 N–H and O–H groups in total. The van der Waals surface area contributed by atoms with Crippen molar-refractivity contribution in [2.45, 2.75) is 19.3 Å². The second-order valence-corrected chi connectivity index (χ2v) is 7.06. The number of carbonyl (C=O) groups is 1. The molecule has 4 rings (SSSR count). The predicted molar refractivity (Wildman–Crippen MR) is 106 cm³/mol. The van der Waals surface area contributed by atoms with Crippen molar-refractivity contribution in [2.75, 3.05) is 18.1 Å². The number of nitrogens with zero attached hydrogens (tertiary/aromatic N) is 2. The number of amides is 1. The zero-order chi connectivity index (χ0) is 20.2. The number of ether oxygens (including phenoxy) is 1. The van der Waals surface area contributed by atoms with Crippen LogP contribution in [-0.2, 0) is 11.2 Å². The van der Waals surface area contributed by atoms with Crippen LogP contribution in [0, 0.1) is 5.92 Å². The predicted octanol–water partition coefficient (Wildman–Crippen LogP) is 4.32. The second kappa shape index (κ2) is 8.43. The van der Waals surface area contributed by atoms with E-state index in [0.29, 0.717) is 18.7 Å². The Kier molecular flexibility index (Phi) is 5.55. The van der Waals surface area contributed by atoms with E-state index in [9.17, 15) is 13.6 Å². The van der Waals surface area contributed by atoms with Gasteiger partial charge in [0.25, 0.3) is 6.43 Å². The van der Waals surface area contributed by atoms with Gasteiger partial charge in [-0.3, -0.25) is 9.89 Å². The maximum atomic E-state index is 12.9. The van der Waals surface area contributed by atoms with Crippen molar-refractivity contribution in [3.63, 3.8) is 0 Å². The molecule has 5 nitrogen and oxygen atoms in total. The third kappa shape index (κ3) is 4.45. The van der Waals surface area contributed by atoms with Crippen LogP contribution < -0.4 is 9.64 Å². The number of aromatic nitrogens is 2. The minimum atomic E-state index is -2.51. The smallest absolute Gasteiger partial charge is 0.272 e. The molecule has 1 aliphatic heterocycles. The van der Waals surface area contributed by atoms with Crippen LogP contribution in [0.4, 0.5) is 14.5 Å². The second-order valence-electron chi connectivity index (χ2n) is 7.06. The molecular weight excluding hydrogens is 376 g/mol. The Balaban J connectivity index is 1.41. The van der Waals surface area contributed by atoms with E-state index in [1.54, 1.807) is 29.3 Å². The molecule has 1 unspecified atom stereocenters. The first-order valence-electron chi connectivity index (χ1n) is 9.50. The highest BCUT2D eigenvalue weighted by Crippen LogP contribution is 2.30. The summed E-state index contributed by atoms with van der Waals surface area (Å²) in [6.45, 7) is 0.0323. The van der Waals surface area contributed by atoms with Crippen LogP contribution in [0.25, 0.3) is 11.1 Å². The monoisotopic (exact) mass is 397 g/mol. The molecule has 1 amide bonds. The Morgan fingerprint density at radius 1 is 1.17 bits per heavy atom. The minimum Gasteiger partial charge on any atom is -0.488 e. The normalized spacial score (nSPS) is 16.6. The third-order valence-corrected chi connectivity index (χ3v) is 5.08. The fraction of sp³-hybridized carbons (Fsp3) is 0.273. The minimum absolute atomic E-state index is 0.0833. The van der Waals surface area contributed by atoms with E-state index in [1.807, 2.05) is 36.5 Å². The molecule has 0 spiro atoms. The Bertz CT molecular complexity index is 958. The van der Waals surface area contributed by atoms with E-state index < -0.39 is 13.0 Å². The highest BCUT2D eigenvalue weighted by atomic mass is 19.3. The maximum absolute atomic E-state index is 12.9. The third-order valence-electron chi connectivity index (χ3n) is 5.08. The lowest BCUT2D eigenvalue weighted by atomic mass is 9.98. The summed E-state index contributed by atoms with van der Waals surface area (Å²) in [5.41, 5.74) is 3.81. The molecule has 1 saturated heterocycles. The van der Waals surface area contributed by atoms with Crippen molar-refractivity contribution in [1.29, 1.82) is 0 Å². The van der Waals surface area contributed by atoms with Gasteiger partial charge in [0.1, 0.15) is 12.4 Å². The van der Waals surface area contributed by atoms with Crippen LogP contribution in [0.1, 0.15) is 12.0 Å². The SMILES string of the molecule is O=C1C(Cc2cccc(OCC(F)F)c2)CCN1c1ccc(-c2cn[nH]c2)cc1. The van der Waals surface area contributed by atoms with Crippen molar-refractivity contribution in [3.8, 4) is 16.9 Å². The van der Waals surface area contributed by atoms with Crippen LogP contribution >= 0.6 is 0 Å². The molecule has 150 valence electrons. The molecule has 1 fully saturated rings. The standard InChI is InChI=1S/C22H21F2N3O2/c23-21(24)14-29-20-3-1-2-15(11-20)10-17-8-9-27(22(17)28)19-6-4-16(5-7-19)18-12-25-26-13-18/h1-7,11-13,17,21H,8-10,14H2,(H,25,26). The van der Waals surface area contributed by atoms with Gasteiger partial charge in [0.15, 0.2) is 0 Å². The van der Waals surface area contributed by atoms with Crippen molar-refractivity contribution < 1.29 is 18.3 Å². The number of nitrogens with one attached hydrogen (secondary N) is 1. The number of alkyl halides is 2. The van der Waals surface area contributed by atoms with Crippen molar-refractivity contribution in [1.82, 2.24) is 10.2 Å². The summed E-state index contributed by atoms with van der Waals surface area (Å²) >= 11 is 0. The molecule has 1 aliphatic rings. The summed E-state index contributed by atoms with van der Waals surface area (Å²) < 4.78 is 29.7. The summed E-state index contributed by atoms with van der Waals surface area (Å²) in [6, 6.07) is 14.9. The van der Waals surface area contributed by atoms with Crippen LogP contribution in [0.2, 0.25) is 0 Å². The molecular formula is C22H21F2N3O2. The number of halogens is 2. The van der Waals surface area contributed by atoms with E-state index in [4.69, 9.17) is 4.74 Å². The van der Waals surface area contributed by atoms with Gasteiger partial charge < -0.3 is 9.64 Å². The van der Waals surface area contributed by atoms with Crippen LogP contribution in [0.3, 0.4) is 0 Å². The van der Waals surface area contributed by atoms with E-state index >= 15 is 0 Å². The van der Waals surface area contributed by atoms with Gasteiger partial charge in [-0.25, -0.2) is 8.78 Å². The first-order chi connectivity index (χ1) is 14.1. The number of aromatic amines is 1. The summed E-state index contributed by atoms with van der Waals surface area (Å²) in [5.74, 6) is 0.355. The van der Waals surface area contributed by atoms with Gasteiger partial charge in [0.05, 0.1) is 6.20 Å². The van der Waals surface area contributed by atoms with E-state index in [-0.39, 0.29) is 11.8 Å². The number of benzene rings is 2. The van der Waals surface area contributed by atoms with Gasteiger partial charge in [0.2, 0.25) is 5.91 Å². The number of rotatable bonds is 7. The van der Waals surface area contributed by atoms with Gasteiger partial charge in [-0.1, -0.05) is 24.3 Å². The van der Waals surface area contributed by atoms with E-state index in [0.717, 1.165) is 28.8 Å². The summed E-state index contributed by atoms with van der Waals surface area (Å²) in [6.07, 6.45) is 2.39. The first kappa shape index (κ1) is 19.1. The lowest BCUT2D eigenvalue weighted by Crippen LogP contribution is -2.27. The van der Waals surface area contributed by atoms with Crippen LogP contribution in [-0.4, -0.2) is 35.7 Å². The van der Waals surface area contributed by atoms with Crippen molar-refractivity contribution in [3.05, 3.63) is 66.5 Å². The summed E-state index contributed by atoms with van der Waals surface area (Å²) in [4.78, 5) is 14.7. The molecule has 3 aromatic rings. The molecule has 0 radical (unpaired) electrons. The average Bonchev–Trinajstić information content (AvgIpc) is 3.38. The largest absolute Gasteiger partial charge is 0.488 e. The fourth-order valence-electron chi connectivity index (χ4n) is 3.63. The Hall–Kier alpha value is -3.22. The van der Waals surface area contributed by atoms with Crippen molar-refractivity contribution >= 4 is 11.6 Å². The number of anilines is 1. The topological polar surface area (TPSA) is 58.2 Å². The number of H-pyrrole nitrogens is 1. The molecule has 2 heterocycles. The fourth-order valence-corrected chi connectivity index (χ4v) is 3.63. The lowest BCUT2D eigenvalue weighted by Gasteiger charge is -2.17. The van der Waals surface area contributed by atoms with Gasteiger partial charge in [0, 0.05) is 29.9 Å². The van der Waals surface area contributed by atoms with Gasteiger partial charge >= 0.3 is 0 Å². The highest BCUT2D eigenvalue weighted by Gasteiger charge is 2.32. The zero-order valence-electron chi connectivity index (χ0n) is 15.7. The molecule has 0 saturated carbocycles. The Labute approximate surface area is 167 Å². The molecule has 29 heavy (non-hydrogen) atoms. The van der Waals surface area contributed by atoms with Crippen molar-refractivity contribution in [2.24, 2.45) is 5.92 Å². The Morgan fingerprint density at radius 2 is 2.00 bits per heavy atom. The van der Waals surface area contributed by atoms with Gasteiger partial charge in [-0.15, -0.1) is 0 Å². The zero-order valence-corrected chi connectivity index (χ0v) is 15.7. The maximum Gasteiger partial charge on any atom is 0.272 e. The number of hydrogen-bond donors (Lipinski definition) is 1. The van der Waals surface area contributed by atoms with E-state index in [2.05, 4.69) is 10.2 Å². The number of hydrogen-bond acceptors (Lipinski definition) is 3. The van der Waals surface area contributed by atoms with Gasteiger partial charge in [-0.05, 0) is 48.2 Å². The lowest BCUT2D eigenvalue weighted by molar-refractivity contribution is -0.120. The first-order valence-corrected chi connectivity index (χ1v) is 9.50. The highest BCUT2D eigenvalue weighted by molar-refractivity contribution is 5.97. The molecule has 0 bridgehead atoms. The summed E-state index contributed by atoms with van der Waals surface area (Å²) in [7, 11) is 0. The quantitative estimate of drug-likeness (QED) is 0.646. The average molecular weight is 397 g/mol. The van der Waals surface area contributed by atoms with Gasteiger partial charge in [-0.2, -0.15) is 5.10 Å². The van der Waals surface area contributed by atoms with E-state index in [1.165, 1.54) is 0 Å². The van der Waals surface area contributed by atoms with Crippen LogP contribution in [0.15, 0.2) is 60.9 Å².